The normalized spacial score (nSPS) is 21.7. The Morgan fingerprint density at radius 2 is 1.96 bits per heavy atom. The van der Waals surface area contributed by atoms with Crippen molar-refractivity contribution >= 4 is 11.9 Å². The minimum absolute atomic E-state index is 0.0396. The van der Waals surface area contributed by atoms with E-state index in [1.54, 1.807) is 21.6 Å². The lowest BCUT2D eigenvalue weighted by atomic mass is 9.98. The molecule has 1 saturated carbocycles. The van der Waals surface area contributed by atoms with Gasteiger partial charge in [0.1, 0.15) is 18.2 Å². The van der Waals surface area contributed by atoms with Crippen LogP contribution in [0.2, 0.25) is 0 Å². The number of carbonyl (C=O) groups is 2. The number of esters is 1. The van der Waals surface area contributed by atoms with E-state index in [4.69, 9.17) is 4.74 Å². The summed E-state index contributed by atoms with van der Waals surface area (Å²) in [5, 5.41) is 0. The molecule has 1 saturated heterocycles. The van der Waals surface area contributed by atoms with Crippen LogP contribution in [0.4, 0.5) is 4.39 Å². The first kappa shape index (κ1) is 17.4. The quantitative estimate of drug-likeness (QED) is 0.740. The molecule has 2 fully saturated rings. The standard InChI is InChI=1S/C21H22FN3O3/c22-14-8-4-9-15-17(14)20(26)24-11-5-10-16(24)19-18(23-12-25(15)19)21(27)28-13-6-2-1-3-7-13/h4,8-9,12-13,16H,1-3,5-7,10-11H2/t16-/m0/s1. The number of ether oxygens (including phenoxy) is 1. The number of aromatic nitrogens is 2. The van der Waals surface area contributed by atoms with E-state index >= 15 is 0 Å². The second-order valence-electron chi connectivity index (χ2n) is 7.80. The third kappa shape index (κ3) is 2.64. The van der Waals surface area contributed by atoms with E-state index in [0.29, 0.717) is 17.9 Å². The molecule has 7 heteroatoms. The fraction of sp³-hybridized carbons (Fsp3) is 0.476. The Kier molecular flexibility index (Phi) is 4.18. The van der Waals surface area contributed by atoms with Gasteiger partial charge in [0.2, 0.25) is 0 Å². The molecule has 3 aliphatic rings. The Morgan fingerprint density at radius 3 is 2.79 bits per heavy atom. The molecular weight excluding hydrogens is 361 g/mol. The molecule has 2 aliphatic heterocycles. The van der Waals surface area contributed by atoms with Gasteiger partial charge in [-0.1, -0.05) is 12.5 Å². The van der Waals surface area contributed by atoms with Crippen LogP contribution in [0.3, 0.4) is 0 Å². The molecule has 0 spiro atoms. The molecule has 5 rings (SSSR count). The maximum atomic E-state index is 14.6. The minimum atomic E-state index is -0.555. The van der Waals surface area contributed by atoms with Crippen molar-refractivity contribution in [1.82, 2.24) is 14.5 Å². The summed E-state index contributed by atoms with van der Waals surface area (Å²) >= 11 is 0. The molecular formula is C21H22FN3O3. The second kappa shape index (κ2) is 6.72. The molecule has 3 heterocycles. The fourth-order valence-electron chi connectivity index (χ4n) is 4.78. The van der Waals surface area contributed by atoms with E-state index in [1.165, 1.54) is 18.8 Å². The van der Waals surface area contributed by atoms with Crippen LogP contribution >= 0.6 is 0 Å². The number of hydrogen-bond donors (Lipinski definition) is 0. The van der Waals surface area contributed by atoms with E-state index in [2.05, 4.69) is 4.98 Å². The number of amides is 1. The molecule has 146 valence electrons. The van der Waals surface area contributed by atoms with Crippen molar-refractivity contribution in [2.45, 2.75) is 57.1 Å². The van der Waals surface area contributed by atoms with Gasteiger partial charge in [-0.25, -0.2) is 14.2 Å². The minimum Gasteiger partial charge on any atom is -0.458 e. The highest BCUT2D eigenvalue weighted by molar-refractivity contribution is 6.00. The smallest absolute Gasteiger partial charge is 0.359 e. The summed E-state index contributed by atoms with van der Waals surface area (Å²) in [6.45, 7) is 0.541. The molecule has 0 bridgehead atoms. The maximum absolute atomic E-state index is 14.6. The molecule has 1 aromatic carbocycles. The van der Waals surface area contributed by atoms with Gasteiger partial charge in [0, 0.05) is 6.54 Å². The second-order valence-corrected chi connectivity index (χ2v) is 7.80. The van der Waals surface area contributed by atoms with Gasteiger partial charge in [-0.3, -0.25) is 9.36 Å². The third-order valence-electron chi connectivity index (χ3n) is 6.12. The van der Waals surface area contributed by atoms with Crippen LogP contribution in [0, 0.1) is 5.82 Å². The molecule has 0 radical (unpaired) electrons. The Labute approximate surface area is 162 Å². The number of nitrogens with zero attached hydrogens (tertiary/aromatic N) is 3. The molecule has 6 nitrogen and oxygen atoms in total. The molecule has 2 aromatic rings. The van der Waals surface area contributed by atoms with Gasteiger partial charge in [-0.15, -0.1) is 0 Å². The number of carbonyl (C=O) groups excluding carboxylic acids is 2. The van der Waals surface area contributed by atoms with E-state index in [9.17, 15) is 14.0 Å². The Hall–Kier alpha value is -2.70. The first-order valence-electron chi connectivity index (χ1n) is 10.0. The van der Waals surface area contributed by atoms with Gasteiger partial charge in [-0.2, -0.15) is 0 Å². The predicted octanol–water partition coefficient (Wildman–Crippen LogP) is 3.79. The lowest BCUT2D eigenvalue weighted by molar-refractivity contribution is 0.0201. The summed E-state index contributed by atoms with van der Waals surface area (Å²) in [7, 11) is 0. The summed E-state index contributed by atoms with van der Waals surface area (Å²) in [5.74, 6) is -1.33. The van der Waals surface area contributed by atoms with Gasteiger partial charge in [-0.05, 0) is 50.7 Å². The Morgan fingerprint density at radius 1 is 1.14 bits per heavy atom. The zero-order valence-corrected chi connectivity index (χ0v) is 15.6. The van der Waals surface area contributed by atoms with Crippen molar-refractivity contribution in [3.8, 4) is 5.69 Å². The lowest BCUT2D eigenvalue weighted by Gasteiger charge is -2.24. The highest BCUT2D eigenvalue weighted by atomic mass is 19.1. The molecule has 1 amide bonds. The summed E-state index contributed by atoms with van der Waals surface area (Å²) in [6, 6.07) is 4.26. The van der Waals surface area contributed by atoms with Crippen LogP contribution in [0.15, 0.2) is 24.5 Å². The van der Waals surface area contributed by atoms with Crippen molar-refractivity contribution in [1.29, 1.82) is 0 Å². The van der Waals surface area contributed by atoms with E-state index in [1.807, 2.05) is 0 Å². The van der Waals surface area contributed by atoms with Gasteiger partial charge in [0.25, 0.3) is 5.91 Å². The van der Waals surface area contributed by atoms with Crippen LogP contribution < -0.4 is 0 Å². The molecule has 28 heavy (non-hydrogen) atoms. The highest BCUT2D eigenvalue weighted by Crippen LogP contribution is 2.40. The lowest BCUT2D eigenvalue weighted by Crippen LogP contribution is -2.31. The molecule has 1 aliphatic carbocycles. The number of benzene rings is 1. The number of fused-ring (bicyclic) bond motifs is 5. The first-order chi connectivity index (χ1) is 13.6. The summed E-state index contributed by atoms with van der Waals surface area (Å²) in [6.07, 6.45) is 8.03. The van der Waals surface area contributed by atoms with E-state index < -0.39 is 11.8 Å². The highest BCUT2D eigenvalue weighted by Gasteiger charge is 2.41. The van der Waals surface area contributed by atoms with Crippen LogP contribution in [-0.2, 0) is 4.74 Å². The van der Waals surface area contributed by atoms with Crippen LogP contribution in [-0.4, -0.2) is 39.0 Å². The van der Waals surface area contributed by atoms with Gasteiger partial charge >= 0.3 is 5.97 Å². The monoisotopic (exact) mass is 383 g/mol. The van der Waals surface area contributed by atoms with Gasteiger partial charge in [0.15, 0.2) is 5.69 Å². The van der Waals surface area contributed by atoms with Crippen molar-refractivity contribution in [2.75, 3.05) is 6.54 Å². The van der Waals surface area contributed by atoms with Crippen molar-refractivity contribution in [3.05, 3.63) is 47.3 Å². The van der Waals surface area contributed by atoms with E-state index in [-0.39, 0.29) is 29.3 Å². The average molecular weight is 383 g/mol. The molecule has 0 unspecified atom stereocenters. The van der Waals surface area contributed by atoms with Gasteiger partial charge in [0.05, 0.1) is 23.0 Å². The zero-order chi connectivity index (χ0) is 19.3. The fourth-order valence-corrected chi connectivity index (χ4v) is 4.78. The van der Waals surface area contributed by atoms with Crippen molar-refractivity contribution < 1.29 is 18.7 Å². The predicted molar refractivity (Wildman–Crippen MR) is 98.8 cm³/mol. The number of hydrogen-bond acceptors (Lipinski definition) is 4. The summed E-state index contributed by atoms with van der Waals surface area (Å²) in [4.78, 5) is 32.0. The summed E-state index contributed by atoms with van der Waals surface area (Å²) in [5.41, 5.74) is 1.35. The number of imidazole rings is 1. The average Bonchev–Trinajstić information content (AvgIpc) is 3.33. The first-order valence-corrected chi connectivity index (χ1v) is 10.0. The van der Waals surface area contributed by atoms with Crippen molar-refractivity contribution in [2.24, 2.45) is 0 Å². The third-order valence-corrected chi connectivity index (χ3v) is 6.12. The zero-order valence-electron chi connectivity index (χ0n) is 15.6. The summed E-state index contributed by atoms with van der Waals surface area (Å²) < 4.78 is 22.0. The maximum Gasteiger partial charge on any atom is 0.359 e. The Balaban J connectivity index is 1.60. The largest absolute Gasteiger partial charge is 0.458 e. The molecule has 0 N–H and O–H groups in total. The number of halogens is 1. The number of rotatable bonds is 2. The van der Waals surface area contributed by atoms with Crippen LogP contribution in [0.1, 0.15) is 77.5 Å². The van der Waals surface area contributed by atoms with Gasteiger partial charge < -0.3 is 9.64 Å². The molecule has 1 atom stereocenters. The van der Waals surface area contributed by atoms with Crippen molar-refractivity contribution in [3.63, 3.8) is 0 Å². The SMILES string of the molecule is O=C(OC1CCCCC1)c1ncn2c1[C@@H]1CCCN1C(=O)c1c(F)cccc1-2. The van der Waals surface area contributed by atoms with Crippen LogP contribution in [0.5, 0.6) is 0 Å². The topological polar surface area (TPSA) is 64.4 Å². The van der Waals surface area contributed by atoms with E-state index in [0.717, 1.165) is 38.5 Å². The Bertz CT molecular complexity index is 948. The molecule has 1 aromatic heterocycles. The van der Waals surface area contributed by atoms with Crippen LogP contribution in [0.25, 0.3) is 5.69 Å².